The van der Waals surface area contributed by atoms with Crippen LogP contribution in [0, 0.1) is 0 Å². The zero-order valence-electron chi connectivity index (χ0n) is 14.7. The van der Waals surface area contributed by atoms with E-state index in [0.29, 0.717) is 28.4 Å². The van der Waals surface area contributed by atoms with Gasteiger partial charge in [0, 0.05) is 23.5 Å². The molecule has 4 rings (SSSR count). The SMILES string of the molecule is CCn1c(S[C@@H](C)C(=O)Nc2nccs2)nnc1-c1cc2ccccc2o1. The molecule has 0 bridgehead atoms. The summed E-state index contributed by atoms with van der Waals surface area (Å²) in [5.74, 6) is 1.20. The van der Waals surface area contributed by atoms with Gasteiger partial charge in [-0.1, -0.05) is 30.0 Å². The van der Waals surface area contributed by atoms with Gasteiger partial charge in [0.15, 0.2) is 16.0 Å². The Morgan fingerprint density at radius 3 is 2.96 bits per heavy atom. The average Bonchev–Trinajstić information content (AvgIpc) is 3.40. The number of nitrogens with zero attached hydrogens (tertiary/aromatic N) is 4. The number of aromatic nitrogens is 4. The molecule has 0 spiro atoms. The molecule has 0 radical (unpaired) electrons. The van der Waals surface area contributed by atoms with Gasteiger partial charge >= 0.3 is 0 Å². The Hall–Kier alpha value is -2.65. The number of thioether (sulfide) groups is 1. The van der Waals surface area contributed by atoms with E-state index in [9.17, 15) is 4.79 Å². The summed E-state index contributed by atoms with van der Waals surface area (Å²) in [7, 11) is 0. The lowest BCUT2D eigenvalue weighted by atomic mass is 10.2. The number of benzene rings is 1. The maximum absolute atomic E-state index is 12.4. The number of amides is 1. The molecule has 1 atom stereocenters. The first-order valence-corrected chi connectivity index (χ1v) is 10.2. The molecule has 1 aromatic carbocycles. The number of rotatable bonds is 6. The van der Waals surface area contributed by atoms with Crippen molar-refractivity contribution in [3.8, 4) is 11.6 Å². The molecule has 1 amide bonds. The van der Waals surface area contributed by atoms with Crippen LogP contribution in [-0.2, 0) is 11.3 Å². The van der Waals surface area contributed by atoms with Gasteiger partial charge in [-0.25, -0.2) is 4.98 Å². The number of para-hydroxylation sites is 1. The first-order valence-electron chi connectivity index (χ1n) is 8.45. The van der Waals surface area contributed by atoms with Crippen LogP contribution in [0.5, 0.6) is 0 Å². The topological polar surface area (TPSA) is 85.8 Å². The standard InChI is InChI=1S/C18H17N5O2S2/c1-3-23-15(14-10-12-6-4-5-7-13(12)25-14)21-22-18(23)27-11(2)16(24)20-17-19-8-9-26-17/h4-11H,3H2,1-2H3,(H,19,20,24)/t11-/m0/s1. The number of hydrogen-bond acceptors (Lipinski definition) is 7. The van der Waals surface area contributed by atoms with Crippen LogP contribution in [0.15, 0.2) is 51.5 Å². The van der Waals surface area contributed by atoms with Crippen molar-refractivity contribution in [2.45, 2.75) is 30.8 Å². The lowest BCUT2D eigenvalue weighted by molar-refractivity contribution is -0.115. The molecule has 0 unspecified atom stereocenters. The Morgan fingerprint density at radius 2 is 2.22 bits per heavy atom. The maximum atomic E-state index is 12.4. The molecule has 3 heterocycles. The summed E-state index contributed by atoms with van der Waals surface area (Å²) in [6.07, 6.45) is 1.66. The van der Waals surface area contributed by atoms with Crippen molar-refractivity contribution >= 4 is 45.1 Å². The number of furan rings is 1. The van der Waals surface area contributed by atoms with Crippen molar-refractivity contribution in [3.63, 3.8) is 0 Å². The number of carbonyl (C=O) groups is 1. The quantitative estimate of drug-likeness (QED) is 0.487. The number of anilines is 1. The van der Waals surface area contributed by atoms with E-state index in [1.54, 1.807) is 6.20 Å². The second kappa shape index (κ2) is 7.53. The van der Waals surface area contributed by atoms with E-state index in [-0.39, 0.29) is 11.2 Å². The minimum Gasteiger partial charge on any atom is -0.453 e. The van der Waals surface area contributed by atoms with Crippen molar-refractivity contribution in [1.82, 2.24) is 19.7 Å². The monoisotopic (exact) mass is 399 g/mol. The molecule has 0 saturated heterocycles. The second-order valence-corrected chi connectivity index (χ2v) is 7.99. The molecule has 0 fully saturated rings. The van der Waals surface area contributed by atoms with E-state index >= 15 is 0 Å². The molecular formula is C18H17N5O2S2. The maximum Gasteiger partial charge on any atom is 0.239 e. The second-order valence-electron chi connectivity index (χ2n) is 5.79. The predicted molar refractivity (Wildman–Crippen MR) is 107 cm³/mol. The molecule has 138 valence electrons. The fourth-order valence-electron chi connectivity index (χ4n) is 2.64. The van der Waals surface area contributed by atoms with Crippen LogP contribution in [0.2, 0.25) is 0 Å². The third-order valence-corrected chi connectivity index (χ3v) is 5.76. The van der Waals surface area contributed by atoms with Crippen LogP contribution in [0.3, 0.4) is 0 Å². The highest BCUT2D eigenvalue weighted by molar-refractivity contribution is 8.00. The molecule has 7 nitrogen and oxygen atoms in total. The number of nitrogens with one attached hydrogen (secondary N) is 1. The Kier molecular flexibility index (Phi) is 4.95. The van der Waals surface area contributed by atoms with Gasteiger partial charge in [0.2, 0.25) is 11.7 Å². The Bertz CT molecular complexity index is 1040. The normalized spacial score (nSPS) is 12.4. The van der Waals surface area contributed by atoms with Crippen molar-refractivity contribution in [3.05, 3.63) is 41.9 Å². The first kappa shape index (κ1) is 17.7. The van der Waals surface area contributed by atoms with Crippen molar-refractivity contribution in [2.24, 2.45) is 0 Å². The summed E-state index contributed by atoms with van der Waals surface area (Å²) in [5.41, 5.74) is 0.809. The van der Waals surface area contributed by atoms with Gasteiger partial charge < -0.3 is 9.73 Å². The van der Waals surface area contributed by atoms with Crippen LogP contribution in [0.1, 0.15) is 13.8 Å². The lowest BCUT2D eigenvalue weighted by Crippen LogP contribution is -2.22. The molecule has 0 saturated carbocycles. The molecule has 3 aromatic heterocycles. The Morgan fingerprint density at radius 1 is 1.37 bits per heavy atom. The van der Waals surface area contributed by atoms with Crippen LogP contribution in [0.25, 0.3) is 22.6 Å². The van der Waals surface area contributed by atoms with Crippen molar-refractivity contribution in [1.29, 1.82) is 0 Å². The van der Waals surface area contributed by atoms with E-state index in [0.717, 1.165) is 11.0 Å². The molecule has 0 aliphatic carbocycles. The fraction of sp³-hybridized carbons (Fsp3) is 0.222. The summed E-state index contributed by atoms with van der Waals surface area (Å²) in [6, 6.07) is 9.78. The van der Waals surface area contributed by atoms with Gasteiger partial charge in [0.05, 0.1) is 5.25 Å². The minimum absolute atomic E-state index is 0.120. The van der Waals surface area contributed by atoms with Gasteiger partial charge in [0.1, 0.15) is 5.58 Å². The molecule has 1 N–H and O–H groups in total. The van der Waals surface area contributed by atoms with E-state index in [2.05, 4.69) is 20.5 Å². The van der Waals surface area contributed by atoms with Gasteiger partial charge in [0.25, 0.3) is 0 Å². The van der Waals surface area contributed by atoms with Gasteiger partial charge in [-0.3, -0.25) is 9.36 Å². The van der Waals surface area contributed by atoms with Crippen LogP contribution < -0.4 is 5.32 Å². The zero-order chi connectivity index (χ0) is 18.8. The van der Waals surface area contributed by atoms with E-state index in [4.69, 9.17) is 4.42 Å². The van der Waals surface area contributed by atoms with E-state index < -0.39 is 0 Å². The fourth-order valence-corrected chi connectivity index (χ4v) is 4.08. The summed E-state index contributed by atoms with van der Waals surface area (Å²) in [4.78, 5) is 16.4. The van der Waals surface area contributed by atoms with Crippen LogP contribution >= 0.6 is 23.1 Å². The highest BCUT2D eigenvalue weighted by Gasteiger charge is 2.22. The number of hydrogen-bond donors (Lipinski definition) is 1. The number of carbonyl (C=O) groups excluding carboxylic acids is 1. The number of thiazole rings is 1. The van der Waals surface area contributed by atoms with Crippen molar-refractivity contribution < 1.29 is 9.21 Å². The largest absolute Gasteiger partial charge is 0.453 e. The third kappa shape index (κ3) is 3.60. The zero-order valence-corrected chi connectivity index (χ0v) is 16.4. The summed E-state index contributed by atoms with van der Waals surface area (Å²) < 4.78 is 7.87. The van der Waals surface area contributed by atoms with Crippen LogP contribution in [0.4, 0.5) is 5.13 Å². The molecule has 4 aromatic rings. The Balaban J connectivity index is 1.56. The average molecular weight is 400 g/mol. The third-order valence-electron chi connectivity index (χ3n) is 3.99. The van der Waals surface area contributed by atoms with E-state index in [1.165, 1.54) is 23.1 Å². The smallest absolute Gasteiger partial charge is 0.239 e. The molecule has 0 aliphatic heterocycles. The molecule has 9 heteroatoms. The first-order chi connectivity index (χ1) is 13.2. The number of fused-ring (bicyclic) bond motifs is 1. The molecular weight excluding hydrogens is 382 g/mol. The molecule has 27 heavy (non-hydrogen) atoms. The summed E-state index contributed by atoms with van der Waals surface area (Å²) in [5, 5.41) is 15.1. The highest BCUT2D eigenvalue weighted by Crippen LogP contribution is 2.30. The summed E-state index contributed by atoms with van der Waals surface area (Å²) >= 11 is 2.75. The van der Waals surface area contributed by atoms with Crippen molar-refractivity contribution in [2.75, 3.05) is 5.32 Å². The van der Waals surface area contributed by atoms with Crippen LogP contribution in [-0.4, -0.2) is 30.9 Å². The lowest BCUT2D eigenvalue weighted by Gasteiger charge is -2.11. The van der Waals surface area contributed by atoms with Gasteiger partial charge in [-0.15, -0.1) is 21.5 Å². The van der Waals surface area contributed by atoms with Gasteiger partial charge in [-0.2, -0.15) is 0 Å². The van der Waals surface area contributed by atoms with Gasteiger partial charge in [-0.05, 0) is 26.0 Å². The predicted octanol–water partition coefficient (Wildman–Crippen LogP) is 4.29. The van der Waals surface area contributed by atoms with E-state index in [1.807, 2.05) is 54.1 Å². The highest BCUT2D eigenvalue weighted by atomic mass is 32.2. The minimum atomic E-state index is -0.341. The summed E-state index contributed by atoms with van der Waals surface area (Å²) in [6.45, 7) is 4.52. The molecule has 0 aliphatic rings. The Labute approximate surface area is 163 Å².